The highest BCUT2D eigenvalue weighted by molar-refractivity contribution is 5.76. The summed E-state index contributed by atoms with van der Waals surface area (Å²) < 4.78 is 1.06. The van der Waals surface area contributed by atoms with E-state index >= 15 is 0 Å². The first kappa shape index (κ1) is 10.8. The first-order valence-electron chi connectivity index (χ1n) is 4.86. The molecule has 2 heterocycles. The zero-order chi connectivity index (χ0) is 11.7. The summed E-state index contributed by atoms with van der Waals surface area (Å²) >= 11 is 0. The van der Waals surface area contributed by atoms with E-state index in [1.54, 1.807) is 0 Å². The van der Waals surface area contributed by atoms with Crippen LogP contribution >= 0.6 is 0 Å². The molecular weight excluding hydrogens is 214 g/mol. The fraction of sp³-hybridized carbons (Fsp3) is 0.444. The molecule has 1 aliphatic heterocycles. The molecule has 0 aliphatic carbocycles. The molecule has 0 bridgehead atoms. The highest BCUT2D eigenvalue weighted by Gasteiger charge is 2.29. The van der Waals surface area contributed by atoms with Crippen LogP contribution in [0.3, 0.4) is 0 Å². The number of aliphatic hydroxyl groups excluding tert-OH is 1. The molecule has 2 unspecified atom stereocenters. The van der Waals surface area contributed by atoms with Crippen LogP contribution in [0.4, 0.5) is 0 Å². The normalized spacial score (nSPS) is 23.8. The highest BCUT2D eigenvalue weighted by atomic mass is 16.3. The Bertz CT molecular complexity index is 384. The highest BCUT2D eigenvalue weighted by Crippen LogP contribution is 2.20. The molecule has 16 heavy (non-hydrogen) atoms. The van der Waals surface area contributed by atoms with Crippen LogP contribution in [-0.4, -0.2) is 44.6 Å². The fourth-order valence-corrected chi connectivity index (χ4v) is 1.48. The average Bonchev–Trinajstić information content (AvgIpc) is 2.55. The van der Waals surface area contributed by atoms with Crippen LogP contribution in [0.5, 0.6) is 11.8 Å². The molecule has 5 N–H and O–H groups in total. The Labute approximate surface area is 91.3 Å². The quantitative estimate of drug-likeness (QED) is 0.423. The van der Waals surface area contributed by atoms with E-state index in [2.05, 4.69) is 10.6 Å². The maximum Gasteiger partial charge on any atom is 0.240 e. The Morgan fingerprint density at radius 2 is 2.12 bits per heavy atom. The molecule has 0 radical (unpaired) electrons. The third-order valence-electron chi connectivity index (χ3n) is 2.51. The summed E-state index contributed by atoms with van der Waals surface area (Å²) in [4.78, 5) is 11.5. The van der Waals surface area contributed by atoms with E-state index in [4.69, 9.17) is 5.11 Å². The second-order valence-corrected chi connectivity index (χ2v) is 3.66. The van der Waals surface area contributed by atoms with Crippen molar-refractivity contribution in [3.63, 3.8) is 0 Å². The molecule has 1 aromatic rings. The fourth-order valence-electron chi connectivity index (χ4n) is 1.48. The number of amides is 1. The summed E-state index contributed by atoms with van der Waals surface area (Å²) in [6, 6.07) is 2.28. The Morgan fingerprint density at radius 1 is 1.50 bits per heavy atom. The van der Waals surface area contributed by atoms with Crippen molar-refractivity contribution in [3.05, 3.63) is 12.1 Å². The van der Waals surface area contributed by atoms with E-state index in [0.717, 1.165) is 4.57 Å². The minimum Gasteiger partial charge on any atom is -0.494 e. The molecule has 1 fully saturated rings. The summed E-state index contributed by atoms with van der Waals surface area (Å²) in [7, 11) is 0. The lowest BCUT2D eigenvalue weighted by atomic mass is 10.1. The van der Waals surface area contributed by atoms with Crippen molar-refractivity contribution in [1.82, 2.24) is 15.2 Å². The number of nitrogens with zero attached hydrogens (tertiary/aromatic N) is 1. The number of hydrogen-bond acceptors (Lipinski definition) is 5. The number of hydrogen-bond donors (Lipinski definition) is 5. The molecule has 1 amide bonds. The number of aliphatic hydroxyl groups is 1. The van der Waals surface area contributed by atoms with Crippen LogP contribution in [0.1, 0.15) is 0 Å². The van der Waals surface area contributed by atoms with Crippen LogP contribution in [0.25, 0.3) is 0 Å². The molecular formula is C9H13N3O4. The van der Waals surface area contributed by atoms with Gasteiger partial charge in [0.05, 0.1) is 6.04 Å². The van der Waals surface area contributed by atoms with Gasteiger partial charge < -0.3 is 20.6 Å². The summed E-state index contributed by atoms with van der Waals surface area (Å²) in [5, 5.41) is 33.0. The maximum atomic E-state index is 11.5. The third kappa shape index (κ3) is 1.95. The lowest BCUT2D eigenvalue weighted by molar-refractivity contribution is -0.124. The van der Waals surface area contributed by atoms with Gasteiger partial charge in [-0.15, -0.1) is 0 Å². The van der Waals surface area contributed by atoms with E-state index in [9.17, 15) is 15.0 Å². The van der Waals surface area contributed by atoms with Crippen molar-refractivity contribution in [2.45, 2.75) is 18.8 Å². The standard InChI is InChI=1S/C9H13N3O4/c13-6(11-5-3-10-9(5)16)4-12-7(14)1-2-8(12)15/h1-2,5,9-10,14-16H,3-4H2,(H,11,13). The molecule has 0 spiro atoms. The van der Waals surface area contributed by atoms with Crippen LogP contribution < -0.4 is 10.6 Å². The van der Waals surface area contributed by atoms with Crippen LogP contribution in [0.2, 0.25) is 0 Å². The summed E-state index contributed by atoms with van der Waals surface area (Å²) in [5.74, 6) is -0.743. The van der Waals surface area contributed by atoms with Crippen molar-refractivity contribution in [2.75, 3.05) is 6.54 Å². The lowest BCUT2D eigenvalue weighted by Crippen LogP contribution is -2.65. The molecule has 7 heteroatoms. The number of carbonyl (C=O) groups excluding carboxylic acids is 1. The zero-order valence-corrected chi connectivity index (χ0v) is 8.42. The monoisotopic (exact) mass is 227 g/mol. The van der Waals surface area contributed by atoms with E-state index < -0.39 is 6.23 Å². The Morgan fingerprint density at radius 3 is 2.56 bits per heavy atom. The van der Waals surface area contributed by atoms with Gasteiger partial charge in [0.2, 0.25) is 5.91 Å². The molecule has 0 saturated carbocycles. The van der Waals surface area contributed by atoms with Crippen molar-refractivity contribution in [3.8, 4) is 11.8 Å². The smallest absolute Gasteiger partial charge is 0.240 e. The van der Waals surface area contributed by atoms with Gasteiger partial charge in [-0.1, -0.05) is 0 Å². The van der Waals surface area contributed by atoms with Gasteiger partial charge in [-0.25, -0.2) is 0 Å². The maximum absolute atomic E-state index is 11.5. The Hall–Kier alpha value is -1.73. The molecule has 2 rings (SSSR count). The number of nitrogens with one attached hydrogen (secondary N) is 2. The SMILES string of the molecule is O=C(Cn1c(O)ccc1O)NC1CNC1O. The van der Waals surface area contributed by atoms with Crippen LogP contribution in [0, 0.1) is 0 Å². The number of carbonyl (C=O) groups is 1. The van der Waals surface area contributed by atoms with Crippen LogP contribution in [0.15, 0.2) is 12.1 Å². The zero-order valence-electron chi connectivity index (χ0n) is 8.42. The Kier molecular flexibility index (Phi) is 2.71. The minimum atomic E-state index is -0.726. The summed E-state index contributed by atoms with van der Waals surface area (Å²) in [6.07, 6.45) is -0.726. The molecule has 1 aliphatic rings. The first-order valence-corrected chi connectivity index (χ1v) is 4.86. The third-order valence-corrected chi connectivity index (χ3v) is 2.51. The van der Waals surface area contributed by atoms with Gasteiger partial charge in [-0.2, -0.15) is 0 Å². The summed E-state index contributed by atoms with van der Waals surface area (Å²) in [6.45, 7) is 0.324. The number of aromatic nitrogens is 1. The van der Waals surface area contributed by atoms with Crippen molar-refractivity contribution >= 4 is 5.91 Å². The minimum absolute atomic E-state index is 0.181. The van der Waals surface area contributed by atoms with Gasteiger partial charge in [-0.3, -0.25) is 14.7 Å². The van der Waals surface area contributed by atoms with Gasteiger partial charge in [0.1, 0.15) is 12.8 Å². The molecule has 2 atom stereocenters. The largest absolute Gasteiger partial charge is 0.494 e. The van der Waals surface area contributed by atoms with Crippen molar-refractivity contribution in [1.29, 1.82) is 0 Å². The average molecular weight is 227 g/mol. The van der Waals surface area contributed by atoms with E-state index in [1.807, 2.05) is 0 Å². The molecule has 7 nitrogen and oxygen atoms in total. The molecule has 1 aromatic heterocycles. The van der Waals surface area contributed by atoms with Gasteiger partial charge in [0.25, 0.3) is 0 Å². The Balaban J connectivity index is 1.92. The van der Waals surface area contributed by atoms with Gasteiger partial charge >= 0.3 is 0 Å². The van der Waals surface area contributed by atoms with E-state index in [0.29, 0.717) is 6.54 Å². The van der Waals surface area contributed by atoms with Gasteiger partial charge in [0, 0.05) is 18.7 Å². The lowest BCUT2D eigenvalue weighted by Gasteiger charge is -2.34. The molecule has 0 aromatic carbocycles. The number of aromatic hydroxyl groups is 2. The van der Waals surface area contributed by atoms with Gasteiger partial charge in [-0.05, 0) is 0 Å². The van der Waals surface area contributed by atoms with Crippen molar-refractivity contribution in [2.24, 2.45) is 0 Å². The van der Waals surface area contributed by atoms with Crippen LogP contribution in [-0.2, 0) is 11.3 Å². The second kappa shape index (κ2) is 4.03. The van der Waals surface area contributed by atoms with Crippen molar-refractivity contribution < 1.29 is 20.1 Å². The van der Waals surface area contributed by atoms with E-state index in [-0.39, 0.29) is 30.3 Å². The van der Waals surface area contributed by atoms with Gasteiger partial charge in [0.15, 0.2) is 11.8 Å². The predicted molar refractivity (Wildman–Crippen MR) is 53.7 cm³/mol. The molecule has 88 valence electrons. The summed E-state index contributed by atoms with van der Waals surface area (Å²) in [5.41, 5.74) is 0. The number of rotatable bonds is 3. The molecule has 1 saturated heterocycles. The predicted octanol–water partition coefficient (Wildman–Crippen LogP) is -1.69. The topological polar surface area (TPSA) is 107 Å². The first-order chi connectivity index (χ1) is 7.58. The second-order valence-electron chi connectivity index (χ2n) is 3.66. The van der Waals surface area contributed by atoms with E-state index in [1.165, 1.54) is 12.1 Å².